The average Bonchev–Trinajstić information content (AvgIpc) is 2.34. The van der Waals surface area contributed by atoms with Gasteiger partial charge in [-0.05, 0) is 17.4 Å². The van der Waals surface area contributed by atoms with E-state index in [9.17, 15) is 0 Å². The van der Waals surface area contributed by atoms with E-state index in [1.807, 2.05) is 17.6 Å². The molecule has 0 aliphatic heterocycles. The summed E-state index contributed by atoms with van der Waals surface area (Å²) in [5.41, 5.74) is 2.81. The van der Waals surface area contributed by atoms with Gasteiger partial charge in [-0.3, -0.25) is 0 Å². The van der Waals surface area contributed by atoms with Crippen LogP contribution in [0, 0.1) is 0 Å². The van der Waals surface area contributed by atoms with Gasteiger partial charge in [0.05, 0.1) is 0 Å². The molecule has 0 spiro atoms. The molecule has 0 atom stereocenters. The van der Waals surface area contributed by atoms with Crippen molar-refractivity contribution in [2.75, 3.05) is 5.84 Å². The van der Waals surface area contributed by atoms with E-state index in [-0.39, 0.29) is 0 Å². The standard InChI is InChI=1S/C6H6N3S/c7-9-4-10-6-5(9)2-1-3-8-6/h1-4H,7H2/q+1. The number of nitrogens with two attached hydrogens (primary N) is 1. The molecule has 0 aliphatic rings. The van der Waals surface area contributed by atoms with Crippen LogP contribution in [0.5, 0.6) is 0 Å². The van der Waals surface area contributed by atoms with Gasteiger partial charge in [0.15, 0.2) is 4.83 Å². The number of pyridine rings is 1. The van der Waals surface area contributed by atoms with Gasteiger partial charge in [0.1, 0.15) is 0 Å². The van der Waals surface area contributed by atoms with E-state index >= 15 is 0 Å². The van der Waals surface area contributed by atoms with E-state index in [0.717, 1.165) is 10.3 Å². The number of hydrogen-bond acceptors (Lipinski definition) is 3. The molecular formula is C6H6N3S+. The first-order valence-corrected chi connectivity index (χ1v) is 3.75. The number of rotatable bonds is 0. The molecule has 4 heteroatoms. The zero-order valence-corrected chi connectivity index (χ0v) is 6.01. The molecule has 2 N–H and O–H groups in total. The summed E-state index contributed by atoms with van der Waals surface area (Å²) >= 11 is 1.54. The van der Waals surface area contributed by atoms with Crippen LogP contribution >= 0.6 is 11.3 Å². The zero-order chi connectivity index (χ0) is 6.97. The summed E-state index contributed by atoms with van der Waals surface area (Å²) in [5.74, 6) is 5.56. The normalized spacial score (nSPS) is 10.4. The molecule has 10 heavy (non-hydrogen) atoms. The van der Waals surface area contributed by atoms with E-state index in [1.165, 1.54) is 0 Å². The number of thiazole rings is 1. The fraction of sp³-hybridized carbons (Fsp3) is 0. The van der Waals surface area contributed by atoms with E-state index < -0.39 is 0 Å². The molecular weight excluding hydrogens is 146 g/mol. The fourth-order valence-corrected chi connectivity index (χ4v) is 1.58. The Hall–Kier alpha value is -1.16. The van der Waals surface area contributed by atoms with Crippen molar-refractivity contribution in [2.24, 2.45) is 0 Å². The second-order valence-corrected chi connectivity index (χ2v) is 2.79. The van der Waals surface area contributed by atoms with Crippen molar-refractivity contribution in [1.82, 2.24) is 4.98 Å². The second kappa shape index (κ2) is 1.91. The summed E-state index contributed by atoms with van der Waals surface area (Å²) in [7, 11) is 0. The number of nitrogens with zero attached hydrogens (tertiary/aromatic N) is 2. The number of aromatic nitrogens is 2. The SMILES string of the molecule is N[n+]1csc2ncccc21. The Morgan fingerprint density at radius 2 is 2.50 bits per heavy atom. The molecule has 3 nitrogen and oxygen atoms in total. The minimum atomic E-state index is 0.977. The van der Waals surface area contributed by atoms with Crippen LogP contribution in [0.15, 0.2) is 23.8 Å². The molecule has 0 radical (unpaired) electrons. The van der Waals surface area contributed by atoms with Crippen molar-refractivity contribution in [3.05, 3.63) is 23.8 Å². The van der Waals surface area contributed by atoms with Gasteiger partial charge in [-0.15, -0.1) is 0 Å². The highest BCUT2D eigenvalue weighted by Gasteiger charge is 2.06. The van der Waals surface area contributed by atoms with Gasteiger partial charge in [-0.25, -0.2) is 10.8 Å². The molecule has 50 valence electrons. The number of nitrogen functional groups attached to an aromatic ring is 1. The van der Waals surface area contributed by atoms with Crippen molar-refractivity contribution in [3.63, 3.8) is 0 Å². The first-order chi connectivity index (χ1) is 4.88. The summed E-state index contributed by atoms with van der Waals surface area (Å²) < 4.78 is 1.58. The third-order valence-electron chi connectivity index (χ3n) is 1.31. The molecule has 0 unspecified atom stereocenters. The Kier molecular flexibility index (Phi) is 1.07. The largest absolute Gasteiger partial charge is 0.271 e. The van der Waals surface area contributed by atoms with E-state index in [0.29, 0.717) is 0 Å². The molecule has 0 aromatic carbocycles. The molecule has 2 aromatic heterocycles. The van der Waals surface area contributed by atoms with E-state index in [1.54, 1.807) is 22.2 Å². The van der Waals surface area contributed by atoms with Gasteiger partial charge in [0, 0.05) is 12.3 Å². The minimum Gasteiger partial charge on any atom is -0.239 e. The summed E-state index contributed by atoms with van der Waals surface area (Å²) in [5, 5.41) is 0. The highest BCUT2D eigenvalue weighted by Crippen LogP contribution is 2.09. The summed E-state index contributed by atoms with van der Waals surface area (Å²) in [6.07, 6.45) is 1.76. The van der Waals surface area contributed by atoms with Crippen LogP contribution in [-0.4, -0.2) is 4.98 Å². The summed E-state index contributed by atoms with van der Waals surface area (Å²) in [4.78, 5) is 5.10. The van der Waals surface area contributed by atoms with Crippen molar-refractivity contribution < 1.29 is 4.68 Å². The van der Waals surface area contributed by atoms with Crippen molar-refractivity contribution >= 4 is 21.7 Å². The van der Waals surface area contributed by atoms with Gasteiger partial charge in [0.25, 0.3) is 11.0 Å². The lowest BCUT2D eigenvalue weighted by Gasteiger charge is -1.79. The van der Waals surface area contributed by atoms with Crippen molar-refractivity contribution in [3.8, 4) is 0 Å². The lowest BCUT2D eigenvalue weighted by Crippen LogP contribution is -2.42. The molecule has 2 heterocycles. The first kappa shape index (κ1) is 5.61. The smallest absolute Gasteiger partial charge is 0.239 e. The molecule has 2 aromatic rings. The summed E-state index contributed by atoms with van der Waals surface area (Å²) in [6, 6.07) is 3.82. The minimum absolute atomic E-state index is 0.977. The van der Waals surface area contributed by atoms with Gasteiger partial charge < -0.3 is 0 Å². The third kappa shape index (κ3) is 0.657. The maximum atomic E-state index is 5.56. The molecule has 0 bridgehead atoms. The Morgan fingerprint density at radius 1 is 1.60 bits per heavy atom. The Bertz CT molecular complexity index is 355. The predicted octanol–water partition coefficient (Wildman–Crippen LogP) is 0.298. The molecule has 0 aliphatic carbocycles. The Labute approximate surface area is 61.7 Å². The highest BCUT2D eigenvalue weighted by molar-refractivity contribution is 7.15. The predicted molar refractivity (Wildman–Crippen MR) is 40.0 cm³/mol. The Balaban J connectivity index is 2.93. The molecule has 0 amide bonds. The summed E-state index contributed by atoms with van der Waals surface area (Å²) in [6.45, 7) is 0. The van der Waals surface area contributed by atoms with Gasteiger partial charge in [-0.2, -0.15) is 0 Å². The van der Waals surface area contributed by atoms with Crippen molar-refractivity contribution in [2.45, 2.75) is 0 Å². The van der Waals surface area contributed by atoms with Crippen LogP contribution in [0.25, 0.3) is 10.3 Å². The third-order valence-corrected chi connectivity index (χ3v) is 2.18. The molecule has 2 rings (SSSR count). The fourth-order valence-electron chi connectivity index (χ4n) is 0.833. The van der Waals surface area contributed by atoms with Crippen molar-refractivity contribution in [1.29, 1.82) is 0 Å². The maximum Gasteiger partial charge on any atom is 0.271 e. The van der Waals surface area contributed by atoms with E-state index in [2.05, 4.69) is 4.98 Å². The number of hydrogen-bond donors (Lipinski definition) is 1. The van der Waals surface area contributed by atoms with Crippen LogP contribution < -0.4 is 10.5 Å². The topological polar surface area (TPSA) is 42.8 Å². The maximum absolute atomic E-state index is 5.56. The second-order valence-electron chi connectivity index (χ2n) is 1.96. The first-order valence-electron chi connectivity index (χ1n) is 2.87. The molecule has 0 saturated heterocycles. The van der Waals surface area contributed by atoms with Gasteiger partial charge >= 0.3 is 0 Å². The van der Waals surface area contributed by atoms with Crippen LogP contribution in [0.3, 0.4) is 0 Å². The molecule has 0 fully saturated rings. The van der Waals surface area contributed by atoms with Crippen LogP contribution in [-0.2, 0) is 0 Å². The lowest BCUT2D eigenvalue weighted by atomic mass is 10.5. The van der Waals surface area contributed by atoms with Crippen LogP contribution in [0.4, 0.5) is 0 Å². The van der Waals surface area contributed by atoms with E-state index in [4.69, 9.17) is 5.84 Å². The Morgan fingerprint density at radius 3 is 3.30 bits per heavy atom. The van der Waals surface area contributed by atoms with Gasteiger partial charge in [-0.1, -0.05) is 4.68 Å². The highest BCUT2D eigenvalue weighted by atomic mass is 32.1. The molecule has 0 saturated carbocycles. The zero-order valence-electron chi connectivity index (χ0n) is 5.19. The van der Waals surface area contributed by atoms with Crippen LogP contribution in [0.1, 0.15) is 0 Å². The van der Waals surface area contributed by atoms with Crippen LogP contribution in [0.2, 0.25) is 0 Å². The lowest BCUT2D eigenvalue weighted by molar-refractivity contribution is -0.606. The quantitative estimate of drug-likeness (QED) is 0.435. The number of fused-ring (bicyclic) bond motifs is 1. The monoisotopic (exact) mass is 152 g/mol. The average molecular weight is 152 g/mol. The van der Waals surface area contributed by atoms with Gasteiger partial charge in [0.2, 0.25) is 0 Å².